The molecule has 6 heteroatoms. The van der Waals surface area contributed by atoms with Crippen molar-refractivity contribution in [3.8, 4) is 17.2 Å². The number of nitrogens with one attached hydrogen (secondary N) is 1. The molecular weight excluding hydrogens is 419 g/mol. The van der Waals surface area contributed by atoms with Gasteiger partial charge in [-0.3, -0.25) is 0 Å². The molecule has 4 aromatic rings. The van der Waals surface area contributed by atoms with E-state index in [0.717, 1.165) is 27.5 Å². The van der Waals surface area contributed by atoms with Gasteiger partial charge in [-0.15, -0.1) is 0 Å². The number of halogens is 1. The average molecular weight is 445 g/mol. The second kappa shape index (κ2) is 10.5. The highest BCUT2D eigenvalue weighted by atomic mass is 19.1. The van der Waals surface area contributed by atoms with E-state index in [1.807, 2.05) is 54.6 Å². The van der Waals surface area contributed by atoms with Crippen LogP contribution in [0.2, 0.25) is 0 Å². The van der Waals surface area contributed by atoms with Crippen LogP contribution in [0.15, 0.2) is 84.0 Å². The van der Waals surface area contributed by atoms with E-state index in [0.29, 0.717) is 30.4 Å². The van der Waals surface area contributed by atoms with Gasteiger partial charge in [0, 0.05) is 5.56 Å². The second-order valence-corrected chi connectivity index (χ2v) is 7.40. The molecule has 0 fully saturated rings. The highest BCUT2D eigenvalue weighted by molar-refractivity contribution is 6.02. The lowest BCUT2D eigenvalue weighted by molar-refractivity contribution is 0.306. The zero-order chi connectivity index (χ0) is 23.0. The van der Waals surface area contributed by atoms with Gasteiger partial charge >= 0.3 is 0 Å². The Balaban J connectivity index is 1.52. The van der Waals surface area contributed by atoms with E-state index in [1.165, 1.54) is 12.1 Å². The Bertz CT molecular complexity index is 1260. The smallest absolute Gasteiger partial charge is 0.161 e. The number of nitrogens with zero attached hydrogens (tertiary/aromatic N) is 1. The Morgan fingerprint density at radius 2 is 1.55 bits per heavy atom. The molecule has 0 heterocycles. The van der Waals surface area contributed by atoms with Gasteiger partial charge in [0.15, 0.2) is 11.5 Å². The molecule has 0 unspecified atom stereocenters. The lowest BCUT2D eigenvalue weighted by atomic mass is 10.0. The van der Waals surface area contributed by atoms with Gasteiger partial charge in [0.2, 0.25) is 0 Å². The number of ether oxygens (including phenoxy) is 3. The van der Waals surface area contributed by atoms with Crippen molar-refractivity contribution in [3.05, 3.63) is 101 Å². The molecule has 168 valence electrons. The first-order valence-corrected chi connectivity index (χ1v) is 10.5. The molecule has 0 radical (unpaired) electrons. The summed E-state index contributed by atoms with van der Waals surface area (Å²) in [5.41, 5.74) is 5.85. The van der Waals surface area contributed by atoms with Crippen molar-refractivity contribution in [3.63, 3.8) is 0 Å². The third kappa shape index (κ3) is 5.41. The number of hydrazone groups is 1. The average Bonchev–Trinajstić information content (AvgIpc) is 2.86. The predicted octanol–water partition coefficient (Wildman–Crippen LogP) is 5.70. The first kappa shape index (κ1) is 22.1. The molecule has 0 amide bonds. The van der Waals surface area contributed by atoms with Crippen molar-refractivity contribution < 1.29 is 18.6 Å². The molecule has 0 aliphatic rings. The maximum absolute atomic E-state index is 13.2. The molecule has 0 saturated carbocycles. The molecule has 0 bridgehead atoms. The third-order valence-corrected chi connectivity index (χ3v) is 5.25. The Labute approximate surface area is 192 Å². The lowest BCUT2D eigenvalue weighted by Crippen LogP contribution is -2.07. The molecule has 1 N–H and O–H groups in total. The summed E-state index contributed by atoms with van der Waals surface area (Å²) in [6.45, 7) is 0.853. The largest absolute Gasteiger partial charge is 0.493 e. The monoisotopic (exact) mass is 444 g/mol. The number of fused-ring (bicyclic) bond motifs is 1. The summed E-state index contributed by atoms with van der Waals surface area (Å²) in [5.74, 6) is 1.79. The zero-order valence-electron chi connectivity index (χ0n) is 18.5. The minimum Gasteiger partial charge on any atom is -0.493 e. The van der Waals surface area contributed by atoms with E-state index in [4.69, 9.17) is 14.2 Å². The number of hydrogen-bond acceptors (Lipinski definition) is 5. The summed E-state index contributed by atoms with van der Waals surface area (Å²) >= 11 is 0. The van der Waals surface area contributed by atoms with Crippen molar-refractivity contribution in [1.29, 1.82) is 0 Å². The van der Waals surface area contributed by atoms with Crippen LogP contribution in [0.4, 0.5) is 4.39 Å². The highest BCUT2D eigenvalue weighted by Gasteiger charge is 2.08. The summed E-state index contributed by atoms with van der Waals surface area (Å²) in [5, 5.41) is 6.56. The zero-order valence-corrected chi connectivity index (χ0v) is 18.5. The van der Waals surface area contributed by atoms with E-state index in [2.05, 4.69) is 10.5 Å². The Morgan fingerprint density at radius 1 is 0.818 bits per heavy atom. The molecular formula is C27H25FN2O3. The summed E-state index contributed by atoms with van der Waals surface area (Å²) < 4.78 is 29.9. The fraction of sp³-hybridized carbons (Fsp3) is 0.148. The highest BCUT2D eigenvalue weighted by Crippen LogP contribution is 2.28. The number of rotatable bonds is 9. The molecule has 4 rings (SSSR count). The summed E-state index contributed by atoms with van der Waals surface area (Å²) in [4.78, 5) is 0. The van der Waals surface area contributed by atoms with Crippen LogP contribution in [0, 0.1) is 5.82 Å². The van der Waals surface area contributed by atoms with Crippen molar-refractivity contribution in [1.82, 2.24) is 5.43 Å². The van der Waals surface area contributed by atoms with E-state index in [-0.39, 0.29) is 5.82 Å². The maximum atomic E-state index is 13.2. The van der Waals surface area contributed by atoms with Crippen LogP contribution in [-0.4, -0.2) is 20.4 Å². The second-order valence-electron chi connectivity index (χ2n) is 7.40. The van der Waals surface area contributed by atoms with Crippen LogP contribution >= 0.6 is 0 Å². The predicted molar refractivity (Wildman–Crippen MR) is 129 cm³/mol. The summed E-state index contributed by atoms with van der Waals surface area (Å²) in [7, 11) is 3.22. The maximum Gasteiger partial charge on any atom is 0.161 e. The van der Waals surface area contributed by atoms with E-state index < -0.39 is 0 Å². The standard InChI is InChI=1S/C27H25FN2O3/c1-31-26-13-9-20(15-27(26)32-2)16-29-30-17-24-23-6-4-3-5-21(23)10-14-25(24)33-18-19-7-11-22(28)12-8-19/h3-15,17,29H,16,18H2,1-2H3/b30-17-. The van der Waals surface area contributed by atoms with Gasteiger partial charge in [-0.2, -0.15) is 5.10 Å². The summed E-state index contributed by atoms with van der Waals surface area (Å²) in [6.07, 6.45) is 1.77. The molecule has 0 aliphatic heterocycles. The Morgan fingerprint density at radius 3 is 2.33 bits per heavy atom. The molecule has 0 aromatic heterocycles. The minimum absolute atomic E-state index is 0.266. The first-order valence-electron chi connectivity index (χ1n) is 10.5. The molecule has 0 aliphatic carbocycles. The van der Waals surface area contributed by atoms with Crippen LogP contribution < -0.4 is 19.6 Å². The third-order valence-electron chi connectivity index (χ3n) is 5.25. The Kier molecular flexibility index (Phi) is 7.05. The number of methoxy groups -OCH3 is 2. The van der Waals surface area contributed by atoms with Gasteiger partial charge in [-0.05, 0) is 52.2 Å². The van der Waals surface area contributed by atoms with Crippen LogP contribution in [-0.2, 0) is 13.2 Å². The van der Waals surface area contributed by atoms with Crippen molar-refractivity contribution >= 4 is 17.0 Å². The first-order chi connectivity index (χ1) is 16.2. The normalized spacial score (nSPS) is 11.0. The molecule has 33 heavy (non-hydrogen) atoms. The quantitative estimate of drug-likeness (QED) is 0.266. The van der Waals surface area contributed by atoms with Gasteiger partial charge in [0.05, 0.1) is 27.0 Å². The van der Waals surface area contributed by atoms with Crippen molar-refractivity contribution in [2.45, 2.75) is 13.2 Å². The van der Waals surface area contributed by atoms with Crippen LogP contribution in [0.5, 0.6) is 17.2 Å². The molecule has 5 nitrogen and oxygen atoms in total. The van der Waals surface area contributed by atoms with E-state index in [9.17, 15) is 4.39 Å². The van der Waals surface area contributed by atoms with Crippen LogP contribution in [0.1, 0.15) is 16.7 Å². The van der Waals surface area contributed by atoms with E-state index in [1.54, 1.807) is 32.6 Å². The topological polar surface area (TPSA) is 52.1 Å². The van der Waals surface area contributed by atoms with Gasteiger partial charge in [0.25, 0.3) is 0 Å². The van der Waals surface area contributed by atoms with E-state index >= 15 is 0 Å². The fourth-order valence-electron chi connectivity index (χ4n) is 3.51. The lowest BCUT2D eigenvalue weighted by Gasteiger charge is -2.12. The molecule has 0 atom stereocenters. The van der Waals surface area contributed by atoms with Gasteiger partial charge in [-0.1, -0.05) is 48.5 Å². The van der Waals surface area contributed by atoms with Crippen LogP contribution in [0.3, 0.4) is 0 Å². The molecule has 4 aromatic carbocycles. The minimum atomic E-state index is -0.266. The SMILES string of the molecule is COc1ccc(CN/N=C\c2c(OCc3ccc(F)cc3)ccc3ccccc23)cc1OC. The number of benzene rings is 4. The van der Waals surface area contributed by atoms with Gasteiger partial charge < -0.3 is 19.6 Å². The van der Waals surface area contributed by atoms with Crippen LogP contribution in [0.25, 0.3) is 10.8 Å². The summed E-state index contributed by atoms with van der Waals surface area (Å²) in [6, 6.07) is 24.1. The van der Waals surface area contributed by atoms with Gasteiger partial charge in [0.1, 0.15) is 18.2 Å². The number of hydrogen-bond donors (Lipinski definition) is 1. The molecule has 0 spiro atoms. The Hall–Kier alpha value is -4.06. The fourth-order valence-corrected chi connectivity index (χ4v) is 3.51. The van der Waals surface area contributed by atoms with Gasteiger partial charge in [-0.25, -0.2) is 4.39 Å². The van der Waals surface area contributed by atoms with Crippen molar-refractivity contribution in [2.75, 3.05) is 14.2 Å². The van der Waals surface area contributed by atoms with Crippen molar-refractivity contribution in [2.24, 2.45) is 5.10 Å². The molecule has 0 saturated heterocycles.